The molecule has 1 aliphatic heterocycles. The van der Waals surface area contributed by atoms with E-state index in [-0.39, 0.29) is 5.56 Å². The van der Waals surface area contributed by atoms with Crippen LogP contribution in [0.1, 0.15) is 29.7 Å². The molecule has 7 nitrogen and oxygen atoms in total. The van der Waals surface area contributed by atoms with E-state index in [0.29, 0.717) is 64.4 Å². The number of allylic oxidation sites excluding steroid dienone is 1. The van der Waals surface area contributed by atoms with Crippen molar-refractivity contribution in [1.82, 2.24) is 4.57 Å². The molecule has 210 valence electrons. The molecule has 5 rings (SSSR count). The van der Waals surface area contributed by atoms with Gasteiger partial charge in [-0.05, 0) is 82.0 Å². The number of rotatable bonds is 7. The fraction of sp³-hybridized carbons (Fsp3) is 0.167. The first-order valence-electron chi connectivity index (χ1n) is 12.3. The summed E-state index contributed by atoms with van der Waals surface area (Å²) in [5.74, 6) is 0.473. The molecule has 0 aliphatic carbocycles. The van der Waals surface area contributed by atoms with Gasteiger partial charge < -0.3 is 14.2 Å². The second kappa shape index (κ2) is 12.2. The number of nitrogens with zero attached hydrogens (tertiary/aromatic N) is 2. The van der Waals surface area contributed by atoms with E-state index in [2.05, 4.69) is 20.9 Å². The summed E-state index contributed by atoms with van der Waals surface area (Å²) in [4.78, 5) is 31.7. The normalized spacial score (nSPS) is 14.9. The Morgan fingerprint density at radius 1 is 1.07 bits per heavy atom. The lowest BCUT2D eigenvalue weighted by Gasteiger charge is -2.24. The minimum Gasteiger partial charge on any atom is -0.493 e. The Morgan fingerprint density at radius 2 is 1.73 bits per heavy atom. The van der Waals surface area contributed by atoms with Gasteiger partial charge in [0.15, 0.2) is 16.3 Å². The Balaban J connectivity index is 1.57. The molecule has 2 heterocycles. The van der Waals surface area contributed by atoms with Crippen LogP contribution in [0, 0.1) is 0 Å². The van der Waals surface area contributed by atoms with Crippen molar-refractivity contribution < 1.29 is 19.0 Å². The summed E-state index contributed by atoms with van der Waals surface area (Å²) in [6, 6.07) is 17.3. The molecule has 0 bridgehead atoms. The van der Waals surface area contributed by atoms with Gasteiger partial charge in [0, 0.05) is 10.0 Å². The number of halogens is 3. The van der Waals surface area contributed by atoms with Crippen LogP contribution < -0.4 is 24.4 Å². The third-order valence-corrected chi connectivity index (χ3v) is 8.53. The molecule has 11 heteroatoms. The molecule has 0 amide bonds. The second-order valence-corrected chi connectivity index (χ2v) is 11.8. The van der Waals surface area contributed by atoms with Crippen molar-refractivity contribution in [3.63, 3.8) is 0 Å². The van der Waals surface area contributed by atoms with Crippen LogP contribution in [0.5, 0.6) is 11.5 Å². The molecule has 1 atom stereocenters. The predicted molar refractivity (Wildman–Crippen MR) is 164 cm³/mol. The van der Waals surface area contributed by atoms with E-state index in [1.807, 2.05) is 18.2 Å². The van der Waals surface area contributed by atoms with Gasteiger partial charge in [0.2, 0.25) is 0 Å². The number of methoxy groups -OCH3 is 2. The SMILES string of the molecule is COC(=O)C1=C(C)N=c2s/c(=C\c3cc(Br)c(OCc4ccc(Cl)cc4)c(OC)c3)c(=O)n2[C@H]1c1ccc(Cl)cc1. The van der Waals surface area contributed by atoms with E-state index in [1.54, 1.807) is 62.6 Å². The van der Waals surface area contributed by atoms with Gasteiger partial charge in [-0.1, -0.05) is 58.8 Å². The van der Waals surface area contributed by atoms with Gasteiger partial charge in [0.1, 0.15) is 6.61 Å². The first-order chi connectivity index (χ1) is 19.7. The number of esters is 1. The maximum atomic E-state index is 13.8. The number of benzene rings is 3. The topological polar surface area (TPSA) is 79.1 Å². The fourth-order valence-electron chi connectivity index (χ4n) is 4.50. The number of thiazole rings is 1. The van der Waals surface area contributed by atoms with Crippen LogP contribution in [0.4, 0.5) is 0 Å². The average molecular weight is 674 g/mol. The van der Waals surface area contributed by atoms with Crippen molar-refractivity contribution in [3.05, 3.63) is 123 Å². The Bertz CT molecular complexity index is 1850. The van der Waals surface area contributed by atoms with Crippen LogP contribution in [0.15, 0.2) is 86.2 Å². The summed E-state index contributed by atoms with van der Waals surface area (Å²) >= 11 is 16.9. The summed E-state index contributed by atoms with van der Waals surface area (Å²) in [7, 11) is 2.86. The molecule has 4 aromatic rings. The first kappa shape index (κ1) is 29.1. The lowest BCUT2D eigenvalue weighted by Crippen LogP contribution is -2.39. The Hall–Kier alpha value is -3.37. The molecular formula is C30H23BrCl2N2O5S. The third-order valence-electron chi connectivity index (χ3n) is 6.46. The highest BCUT2D eigenvalue weighted by Crippen LogP contribution is 2.37. The number of aromatic nitrogens is 1. The van der Waals surface area contributed by atoms with E-state index in [1.165, 1.54) is 23.0 Å². The molecule has 3 aromatic carbocycles. The number of ether oxygens (including phenoxy) is 3. The predicted octanol–water partition coefficient (Wildman–Crippen LogP) is 6.07. The minimum absolute atomic E-state index is 0.291. The van der Waals surface area contributed by atoms with Gasteiger partial charge in [-0.15, -0.1) is 0 Å². The van der Waals surface area contributed by atoms with Crippen molar-refractivity contribution in [2.45, 2.75) is 19.6 Å². The Kier molecular flexibility index (Phi) is 8.70. The van der Waals surface area contributed by atoms with Gasteiger partial charge in [0.05, 0.1) is 40.5 Å². The highest BCUT2D eigenvalue weighted by molar-refractivity contribution is 9.10. The van der Waals surface area contributed by atoms with Crippen molar-refractivity contribution in [2.24, 2.45) is 4.99 Å². The van der Waals surface area contributed by atoms with Gasteiger partial charge >= 0.3 is 5.97 Å². The lowest BCUT2D eigenvalue weighted by molar-refractivity contribution is -0.136. The Labute approximate surface area is 258 Å². The van der Waals surface area contributed by atoms with E-state index < -0.39 is 12.0 Å². The lowest BCUT2D eigenvalue weighted by atomic mass is 9.96. The molecule has 0 N–H and O–H groups in total. The number of hydrogen-bond acceptors (Lipinski definition) is 7. The summed E-state index contributed by atoms with van der Waals surface area (Å²) in [5.41, 5.74) is 2.86. The molecule has 0 saturated carbocycles. The summed E-state index contributed by atoms with van der Waals surface area (Å²) < 4.78 is 19.3. The maximum Gasteiger partial charge on any atom is 0.338 e. The quantitative estimate of drug-likeness (QED) is 0.223. The molecular weight excluding hydrogens is 651 g/mol. The molecule has 0 unspecified atom stereocenters. The number of carbonyl (C=O) groups is 1. The summed E-state index contributed by atoms with van der Waals surface area (Å²) in [6.45, 7) is 2.05. The monoisotopic (exact) mass is 672 g/mol. The van der Waals surface area contributed by atoms with Crippen LogP contribution in [0.2, 0.25) is 10.0 Å². The van der Waals surface area contributed by atoms with Gasteiger partial charge in [-0.2, -0.15) is 0 Å². The standard InChI is InChI=1S/C30H23BrCl2N2O5S/c1-16-25(29(37)39-3)26(19-6-10-21(33)11-7-19)35-28(36)24(41-30(35)34-16)14-18-12-22(31)27(23(13-18)38-2)40-15-17-4-8-20(32)9-5-17/h4-14,26H,15H2,1-3H3/b24-14-/t26-/m0/s1. The number of carbonyl (C=O) groups excluding carboxylic acids is 1. The van der Waals surface area contributed by atoms with Crippen LogP contribution in [0.25, 0.3) is 6.08 Å². The number of hydrogen-bond donors (Lipinski definition) is 0. The highest BCUT2D eigenvalue weighted by atomic mass is 79.9. The molecule has 1 aliphatic rings. The van der Waals surface area contributed by atoms with Crippen LogP contribution in [-0.4, -0.2) is 24.8 Å². The van der Waals surface area contributed by atoms with Crippen molar-refractivity contribution in [3.8, 4) is 11.5 Å². The second-order valence-electron chi connectivity index (χ2n) is 9.07. The molecule has 0 radical (unpaired) electrons. The minimum atomic E-state index is -0.719. The van der Waals surface area contributed by atoms with Crippen LogP contribution >= 0.6 is 50.5 Å². The van der Waals surface area contributed by atoms with Crippen molar-refractivity contribution >= 4 is 62.5 Å². The van der Waals surface area contributed by atoms with Gasteiger partial charge in [0.25, 0.3) is 5.56 Å². The largest absolute Gasteiger partial charge is 0.493 e. The molecule has 0 saturated heterocycles. The smallest absolute Gasteiger partial charge is 0.338 e. The zero-order valence-electron chi connectivity index (χ0n) is 22.1. The van der Waals surface area contributed by atoms with Crippen LogP contribution in [-0.2, 0) is 16.1 Å². The van der Waals surface area contributed by atoms with Gasteiger partial charge in [-0.25, -0.2) is 9.79 Å². The maximum absolute atomic E-state index is 13.8. The van der Waals surface area contributed by atoms with E-state index in [0.717, 1.165) is 5.56 Å². The van der Waals surface area contributed by atoms with Crippen molar-refractivity contribution in [2.75, 3.05) is 14.2 Å². The highest BCUT2D eigenvalue weighted by Gasteiger charge is 2.33. The van der Waals surface area contributed by atoms with Gasteiger partial charge in [-0.3, -0.25) is 9.36 Å². The number of fused-ring (bicyclic) bond motifs is 1. The zero-order valence-corrected chi connectivity index (χ0v) is 26.0. The summed E-state index contributed by atoms with van der Waals surface area (Å²) in [5, 5.41) is 1.19. The molecule has 0 spiro atoms. The van der Waals surface area contributed by atoms with E-state index >= 15 is 0 Å². The molecule has 41 heavy (non-hydrogen) atoms. The first-order valence-corrected chi connectivity index (χ1v) is 14.7. The Morgan fingerprint density at radius 3 is 2.37 bits per heavy atom. The molecule has 1 aromatic heterocycles. The zero-order chi connectivity index (χ0) is 29.3. The summed E-state index contributed by atoms with van der Waals surface area (Å²) in [6.07, 6.45) is 1.76. The van der Waals surface area contributed by atoms with E-state index in [9.17, 15) is 9.59 Å². The fourth-order valence-corrected chi connectivity index (χ4v) is 6.38. The van der Waals surface area contributed by atoms with Crippen molar-refractivity contribution in [1.29, 1.82) is 0 Å². The van der Waals surface area contributed by atoms with E-state index in [4.69, 9.17) is 37.4 Å². The van der Waals surface area contributed by atoms with Crippen LogP contribution in [0.3, 0.4) is 0 Å². The third kappa shape index (κ3) is 5.99. The molecule has 0 fully saturated rings. The average Bonchev–Trinajstić information content (AvgIpc) is 3.26.